The molecule has 8 heteroatoms. The first-order valence-corrected chi connectivity index (χ1v) is 11.4. The summed E-state index contributed by atoms with van der Waals surface area (Å²) in [6.45, 7) is 8.35. The number of rotatable bonds is 5. The molecule has 0 spiro atoms. The van der Waals surface area contributed by atoms with Gasteiger partial charge in [-0.2, -0.15) is 0 Å². The highest BCUT2D eigenvalue weighted by atomic mass is 19.1. The molecule has 34 heavy (non-hydrogen) atoms. The van der Waals surface area contributed by atoms with Gasteiger partial charge in [0.05, 0.1) is 5.71 Å². The largest absolute Gasteiger partial charge is 0.482 e. The SMILES string of the molecule is CCN/C1=C(\C(=N)C(C)C)C/C(=C/NC)C(=N)c2ccc(F)cc2[C@@H](C)Oc2cc1cnc2N. The number of hydrogen-bond acceptors (Lipinski definition) is 7. The van der Waals surface area contributed by atoms with Crippen molar-refractivity contribution in [3.05, 3.63) is 70.3 Å². The van der Waals surface area contributed by atoms with Crippen LogP contribution in [-0.2, 0) is 0 Å². The lowest BCUT2D eigenvalue weighted by atomic mass is 9.86. The zero-order chi connectivity index (χ0) is 25.0. The van der Waals surface area contributed by atoms with Gasteiger partial charge in [0.15, 0.2) is 11.6 Å². The Morgan fingerprint density at radius 2 is 2.09 bits per heavy atom. The molecule has 0 radical (unpaired) electrons. The second-order valence-corrected chi connectivity index (χ2v) is 8.56. The Balaban J connectivity index is 2.37. The highest BCUT2D eigenvalue weighted by Crippen LogP contribution is 2.34. The van der Waals surface area contributed by atoms with Crippen molar-refractivity contribution in [1.82, 2.24) is 15.6 Å². The van der Waals surface area contributed by atoms with Crippen molar-refractivity contribution < 1.29 is 9.13 Å². The number of ether oxygens (including phenoxy) is 1. The molecule has 0 aliphatic carbocycles. The number of fused-ring (bicyclic) bond motifs is 3. The van der Waals surface area contributed by atoms with E-state index in [0.29, 0.717) is 41.1 Å². The molecular formula is C26H33FN6O. The van der Waals surface area contributed by atoms with E-state index < -0.39 is 11.9 Å². The van der Waals surface area contributed by atoms with Gasteiger partial charge in [0, 0.05) is 66.1 Å². The maximum Gasteiger partial charge on any atom is 0.166 e. The van der Waals surface area contributed by atoms with Crippen LogP contribution in [0.25, 0.3) is 5.70 Å². The lowest BCUT2D eigenvalue weighted by Crippen LogP contribution is -2.23. The van der Waals surface area contributed by atoms with Gasteiger partial charge in [0.25, 0.3) is 0 Å². The number of aromatic nitrogens is 1. The van der Waals surface area contributed by atoms with Gasteiger partial charge in [0.1, 0.15) is 11.9 Å². The van der Waals surface area contributed by atoms with Crippen LogP contribution in [0.3, 0.4) is 0 Å². The predicted octanol–water partition coefficient (Wildman–Crippen LogP) is 4.81. The van der Waals surface area contributed by atoms with E-state index in [1.165, 1.54) is 12.1 Å². The van der Waals surface area contributed by atoms with E-state index in [4.69, 9.17) is 21.3 Å². The topological polar surface area (TPSA) is 120 Å². The number of anilines is 1. The Hall–Kier alpha value is -3.68. The summed E-state index contributed by atoms with van der Waals surface area (Å²) in [4.78, 5) is 4.34. The lowest BCUT2D eigenvalue weighted by Gasteiger charge is -2.25. The van der Waals surface area contributed by atoms with Crippen LogP contribution >= 0.6 is 0 Å². The van der Waals surface area contributed by atoms with Crippen molar-refractivity contribution in [1.29, 1.82) is 10.8 Å². The third-order valence-corrected chi connectivity index (χ3v) is 5.76. The summed E-state index contributed by atoms with van der Waals surface area (Å²) < 4.78 is 20.4. The summed E-state index contributed by atoms with van der Waals surface area (Å²) in [6, 6.07) is 6.14. The highest BCUT2D eigenvalue weighted by molar-refractivity contribution is 6.14. The van der Waals surface area contributed by atoms with Gasteiger partial charge in [-0.25, -0.2) is 9.37 Å². The van der Waals surface area contributed by atoms with Crippen molar-refractivity contribution in [2.75, 3.05) is 19.3 Å². The van der Waals surface area contributed by atoms with Crippen molar-refractivity contribution in [2.45, 2.75) is 40.2 Å². The molecule has 1 aromatic heterocycles. The molecule has 2 bridgehead atoms. The fourth-order valence-electron chi connectivity index (χ4n) is 4.01. The molecule has 1 aliphatic heterocycles. The third kappa shape index (κ3) is 5.11. The van der Waals surface area contributed by atoms with E-state index >= 15 is 0 Å². The second kappa shape index (κ2) is 10.5. The first kappa shape index (κ1) is 25.0. The molecule has 1 aromatic carbocycles. The molecule has 180 valence electrons. The molecule has 0 saturated heterocycles. The van der Waals surface area contributed by atoms with Crippen LogP contribution in [0.15, 0.2) is 47.8 Å². The quantitative estimate of drug-likeness (QED) is 0.407. The van der Waals surface area contributed by atoms with Crippen LogP contribution in [0.4, 0.5) is 10.2 Å². The summed E-state index contributed by atoms with van der Waals surface area (Å²) >= 11 is 0. The smallest absolute Gasteiger partial charge is 0.166 e. The molecule has 1 atom stereocenters. The molecule has 0 amide bonds. The maximum atomic E-state index is 14.3. The van der Waals surface area contributed by atoms with Crippen LogP contribution in [0.1, 0.15) is 56.9 Å². The fraction of sp³-hybridized carbons (Fsp3) is 0.346. The van der Waals surface area contributed by atoms with Gasteiger partial charge >= 0.3 is 0 Å². The minimum atomic E-state index is -0.583. The van der Waals surface area contributed by atoms with E-state index in [9.17, 15) is 4.39 Å². The number of hydrogen-bond donors (Lipinski definition) is 5. The maximum absolute atomic E-state index is 14.3. The predicted molar refractivity (Wildman–Crippen MR) is 136 cm³/mol. The fourth-order valence-corrected chi connectivity index (χ4v) is 4.01. The van der Waals surface area contributed by atoms with Gasteiger partial charge in [0.2, 0.25) is 0 Å². The number of nitrogens with zero attached hydrogens (tertiary/aromatic N) is 1. The summed E-state index contributed by atoms with van der Waals surface area (Å²) in [7, 11) is 1.77. The number of pyridine rings is 1. The first-order valence-electron chi connectivity index (χ1n) is 11.4. The number of nitrogen functional groups attached to an aromatic ring is 1. The highest BCUT2D eigenvalue weighted by Gasteiger charge is 2.25. The molecule has 3 rings (SSSR count). The van der Waals surface area contributed by atoms with Gasteiger partial charge < -0.3 is 26.5 Å². The zero-order valence-corrected chi connectivity index (χ0v) is 20.3. The van der Waals surface area contributed by atoms with E-state index in [1.807, 2.05) is 20.8 Å². The van der Waals surface area contributed by atoms with Crippen LogP contribution in [0, 0.1) is 22.6 Å². The summed E-state index contributed by atoms with van der Waals surface area (Å²) in [5.41, 5.74) is 10.8. The Kier molecular flexibility index (Phi) is 7.71. The number of nitrogens with two attached hydrogens (primary N) is 1. The third-order valence-electron chi connectivity index (χ3n) is 5.76. The van der Waals surface area contributed by atoms with Crippen LogP contribution < -0.4 is 21.1 Å². The van der Waals surface area contributed by atoms with Gasteiger partial charge in [-0.1, -0.05) is 13.8 Å². The van der Waals surface area contributed by atoms with Crippen LogP contribution in [0.5, 0.6) is 5.75 Å². The van der Waals surface area contributed by atoms with E-state index in [-0.39, 0.29) is 17.4 Å². The standard InChI is InChI=1S/C26H33FN6O/c1-6-32-25-17-10-22(26(30)33-13-17)34-15(4)20-11-18(27)7-8-19(20)24(29)16(12-31-5)9-21(25)23(28)14(2)3/h7-8,10-15,28-29,31-32H,6,9H2,1-5H3,(H2,30,33)/b16-12-,25-21-,28-23?,29-24?/t15-/m1/s1. The van der Waals surface area contributed by atoms with Gasteiger partial charge in [-0.3, -0.25) is 5.41 Å². The average Bonchev–Trinajstić information content (AvgIpc) is 2.80. The Morgan fingerprint density at radius 1 is 1.35 bits per heavy atom. The van der Waals surface area contributed by atoms with Gasteiger partial charge in [-0.15, -0.1) is 0 Å². The van der Waals surface area contributed by atoms with Gasteiger partial charge in [-0.05, 0) is 49.6 Å². The Labute approximate surface area is 200 Å². The van der Waals surface area contributed by atoms with Crippen molar-refractivity contribution >= 4 is 22.9 Å². The molecule has 1 aliphatic rings. The minimum Gasteiger partial charge on any atom is -0.482 e. The van der Waals surface area contributed by atoms with Crippen molar-refractivity contribution in [3.63, 3.8) is 0 Å². The Bertz CT molecular complexity index is 1170. The Morgan fingerprint density at radius 3 is 2.74 bits per heavy atom. The van der Waals surface area contributed by atoms with Crippen LogP contribution in [0.2, 0.25) is 0 Å². The molecule has 0 saturated carbocycles. The first-order chi connectivity index (χ1) is 16.2. The number of halogens is 1. The van der Waals surface area contributed by atoms with E-state index in [2.05, 4.69) is 15.6 Å². The van der Waals surface area contributed by atoms with Crippen molar-refractivity contribution in [2.24, 2.45) is 5.92 Å². The molecule has 7 nitrogen and oxygen atoms in total. The number of benzene rings is 1. The van der Waals surface area contributed by atoms with Crippen molar-refractivity contribution in [3.8, 4) is 5.75 Å². The minimum absolute atomic E-state index is 0.0413. The molecular weight excluding hydrogens is 431 g/mol. The van der Waals surface area contributed by atoms with E-state index in [0.717, 1.165) is 16.8 Å². The summed E-state index contributed by atoms with van der Waals surface area (Å²) in [6.07, 6.45) is 3.16. The molecule has 2 aromatic rings. The molecule has 2 heterocycles. The van der Waals surface area contributed by atoms with Crippen LogP contribution in [-0.4, -0.2) is 30.0 Å². The monoisotopic (exact) mass is 464 g/mol. The number of nitrogens with one attached hydrogen (secondary N) is 4. The number of allylic oxidation sites excluding steroid dienone is 2. The zero-order valence-electron chi connectivity index (χ0n) is 20.3. The summed E-state index contributed by atoms with van der Waals surface area (Å²) in [5.74, 6) is 0.127. The molecule has 0 fully saturated rings. The second-order valence-electron chi connectivity index (χ2n) is 8.56. The normalized spacial score (nSPS) is 19.7. The van der Waals surface area contributed by atoms with E-state index in [1.54, 1.807) is 38.5 Å². The molecule has 0 unspecified atom stereocenters. The molecule has 6 N–H and O–H groups in total. The average molecular weight is 465 g/mol. The lowest BCUT2D eigenvalue weighted by molar-refractivity contribution is 0.227. The summed E-state index contributed by atoms with van der Waals surface area (Å²) in [5, 5.41) is 24.4.